The highest BCUT2D eigenvalue weighted by Crippen LogP contribution is 2.17. The first-order chi connectivity index (χ1) is 11.3. The normalized spacial score (nSPS) is 19.1. The number of hydrogen-bond acceptors (Lipinski definition) is 2. The van der Waals surface area contributed by atoms with E-state index >= 15 is 0 Å². The zero-order chi connectivity index (χ0) is 16.1. The van der Waals surface area contributed by atoms with E-state index in [9.17, 15) is 0 Å². The molecule has 1 aromatic carbocycles. The maximum atomic E-state index is 4.53. The summed E-state index contributed by atoms with van der Waals surface area (Å²) in [6.45, 7) is 5.42. The van der Waals surface area contributed by atoms with Gasteiger partial charge in [-0.2, -0.15) is 0 Å². The number of likely N-dealkylation sites (tertiary alicyclic amines) is 1. The molecule has 1 saturated heterocycles. The summed E-state index contributed by atoms with van der Waals surface area (Å²) in [7, 11) is 1.88. The minimum Gasteiger partial charge on any atom is -0.356 e. The number of fused-ring (bicyclic) bond motifs is 1. The third-order valence-corrected chi connectivity index (χ3v) is 4.56. The van der Waals surface area contributed by atoms with Crippen LogP contribution >= 0.6 is 0 Å². The molecular formula is C19H26N4. The summed E-state index contributed by atoms with van der Waals surface area (Å²) in [4.78, 5) is 11.4. The van der Waals surface area contributed by atoms with Gasteiger partial charge in [-0.05, 0) is 36.8 Å². The summed E-state index contributed by atoms with van der Waals surface area (Å²) in [5, 5.41) is 4.73. The number of piperidine rings is 1. The molecule has 1 aliphatic rings. The quantitative estimate of drug-likeness (QED) is 0.699. The van der Waals surface area contributed by atoms with Gasteiger partial charge in [0.05, 0.1) is 5.52 Å². The second-order valence-corrected chi connectivity index (χ2v) is 6.41. The molecule has 3 rings (SSSR count). The third-order valence-electron chi connectivity index (χ3n) is 4.56. The van der Waals surface area contributed by atoms with Crippen LogP contribution in [0.3, 0.4) is 0 Å². The fourth-order valence-corrected chi connectivity index (χ4v) is 3.39. The van der Waals surface area contributed by atoms with Crippen molar-refractivity contribution in [2.45, 2.75) is 26.2 Å². The molecule has 0 radical (unpaired) electrons. The van der Waals surface area contributed by atoms with Crippen LogP contribution in [-0.4, -0.2) is 42.5 Å². The van der Waals surface area contributed by atoms with Crippen LogP contribution in [-0.2, 0) is 6.42 Å². The molecule has 0 spiro atoms. The first kappa shape index (κ1) is 15.8. The van der Waals surface area contributed by atoms with E-state index in [2.05, 4.69) is 51.4 Å². The summed E-state index contributed by atoms with van der Waals surface area (Å²) >= 11 is 0. The van der Waals surface area contributed by atoms with Crippen LogP contribution in [0.2, 0.25) is 0 Å². The Morgan fingerprint density at radius 1 is 1.35 bits per heavy atom. The summed E-state index contributed by atoms with van der Waals surface area (Å²) < 4.78 is 0. The van der Waals surface area contributed by atoms with Gasteiger partial charge in [0.15, 0.2) is 5.96 Å². The molecule has 2 heterocycles. The van der Waals surface area contributed by atoms with Crippen molar-refractivity contribution in [3.05, 3.63) is 42.1 Å². The number of guanidine groups is 1. The Morgan fingerprint density at radius 2 is 2.22 bits per heavy atom. The Morgan fingerprint density at radius 3 is 3.04 bits per heavy atom. The van der Waals surface area contributed by atoms with E-state index in [1.165, 1.54) is 23.8 Å². The van der Waals surface area contributed by atoms with Crippen LogP contribution in [0.25, 0.3) is 10.9 Å². The van der Waals surface area contributed by atoms with E-state index in [1.54, 1.807) is 0 Å². The maximum Gasteiger partial charge on any atom is 0.193 e. The van der Waals surface area contributed by atoms with Crippen molar-refractivity contribution in [1.82, 2.24) is 15.2 Å². The number of hydrogen-bond donors (Lipinski definition) is 1. The lowest BCUT2D eigenvalue weighted by Gasteiger charge is -2.33. The minimum atomic E-state index is 0.754. The van der Waals surface area contributed by atoms with Crippen LogP contribution in [0, 0.1) is 5.92 Å². The molecular weight excluding hydrogens is 284 g/mol. The van der Waals surface area contributed by atoms with Crippen LogP contribution in [0.15, 0.2) is 41.5 Å². The molecule has 0 bridgehead atoms. The van der Waals surface area contributed by atoms with Crippen LogP contribution in [0.5, 0.6) is 0 Å². The number of aromatic nitrogens is 1. The molecule has 4 nitrogen and oxygen atoms in total. The molecule has 4 heteroatoms. The summed E-state index contributed by atoms with van der Waals surface area (Å²) in [6, 6.07) is 10.5. The van der Waals surface area contributed by atoms with Gasteiger partial charge in [0.25, 0.3) is 0 Å². The van der Waals surface area contributed by atoms with Crippen molar-refractivity contribution in [3.63, 3.8) is 0 Å². The van der Waals surface area contributed by atoms with Crippen molar-refractivity contribution in [2.75, 3.05) is 26.7 Å². The van der Waals surface area contributed by atoms with Gasteiger partial charge >= 0.3 is 0 Å². The molecule has 2 aromatic rings. The van der Waals surface area contributed by atoms with Gasteiger partial charge in [-0.1, -0.05) is 31.2 Å². The van der Waals surface area contributed by atoms with Crippen molar-refractivity contribution < 1.29 is 0 Å². The number of pyridine rings is 1. The predicted octanol–water partition coefficient (Wildman–Crippen LogP) is 3.08. The van der Waals surface area contributed by atoms with Crippen molar-refractivity contribution in [3.8, 4) is 0 Å². The number of benzene rings is 1. The Labute approximate surface area is 138 Å². The van der Waals surface area contributed by atoms with Gasteiger partial charge < -0.3 is 10.2 Å². The minimum absolute atomic E-state index is 0.754. The van der Waals surface area contributed by atoms with Crippen LogP contribution in [0.4, 0.5) is 0 Å². The molecule has 1 fully saturated rings. The number of para-hydroxylation sites is 1. The Kier molecular flexibility index (Phi) is 5.11. The smallest absolute Gasteiger partial charge is 0.193 e. The average Bonchev–Trinajstić information content (AvgIpc) is 2.59. The monoisotopic (exact) mass is 310 g/mol. The second kappa shape index (κ2) is 7.44. The number of aliphatic imine (C=N–C) groups is 1. The predicted molar refractivity (Wildman–Crippen MR) is 96.8 cm³/mol. The standard InChI is InChI=1S/C19H26N4/c1-15-6-5-13-23(14-15)19(20-2)22-12-10-17-8-3-7-16-9-4-11-21-18(16)17/h3-4,7-9,11,15H,5-6,10,12-14H2,1-2H3,(H,20,22). The lowest BCUT2D eigenvalue weighted by molar-refractivity contribution is 0.266. The van der Waals surface area contributed by atoms with Gasteiger partial charge in [-0.25, -0.2) is 0 Å². The summed E-state index contributed by atoms with van der Waals surface area (Å²) in [5.74, 6) is 1.79. The Bertz CT molecular complexity index is 675. The van der Waals surface area contributed by atoms with E-state index in [0.29, 0.717) is 0 Å². The van der Waals surface area contributed by atoms with Gasteiger partial charge in [0.2, 0.25) is 0 Å². The summed E-state index contributed by atoms with van der Waals surface area (Å²) in [6.07, 6.45) is 5.41. The molecule has 0 saturated carbocycles. The SMILES string of the molecule is CN=C(NCCc1cccc2cccnc12)N1CCCC(C)C1. The Hall–Kier alpha value is -2.10. The highest BCUT2D eigenvalue weighted by Gasteiger charge is 2.18. The topological polar surface area (TPSA) is 40.5 Å². The lowest BCUT2D eigenvalue weighted by atomic mass is 10.0. The van der Waals surface area contributed by atoms with Crippen molar-refractivity contribution >= 4 is 16.9 Å². The zero-order valence-corrected chi connectivity index (χ0v) is 14.1. The van der Waals surface area contributed by atoms with Crippen LogP contribution in [0.1, 0.15) is 25.3 Å². The third kappa shape index (κ3) is 3.81. The van der Waals surface area contributed by atoms with Gasteiger partial charge in [0, 0.05) is 38.3 Å². The fourth-order valence-electron chi connectivity index (χ4n) is 3.39. The number of nitrogens with one attached hydrogen (secondary N) is 1. The Balaban J connectivity index is 1.61. The fraction of sp³-hybridized carbons (Fsp3) is 0.474. The first-order valence-corrected chi connectivity index (χ1v) is 8.56. The van der Waals surface area contributed by atoms with E-state index in [1.807, 2.05) is 19.3 Å². The molecule has 122 valence electrons. The highest BCUT2D eigenvalue weighted by molar-refractivity contribution is 5.82. The van der Waals surface area contributed by atoms with E-state index in [-0.39, 0.29) is 0 Å². The molecule has 1 N–H and O–H groups in total. The van der Waals surface area contributed by atoms with Crippen molar-refractivity contribution in [1.29, 1.82) is 0 Å². The average molecular weight is 310 g/mol. The maximum absolute atomic E-state index is 4.53. The molecule has 0 amide bonds. The number of rotatable bonds is 3. The van der Waals surface area contributed by atoms with E-state index in [4.69, 9.17) is 0 Å². The highest BCUT2D eigenvalue weighted by atomic mass is 15.3. The van der Waals surface area contributed by atoms with E-state index in [0.717, 1.165) is 43.4 Å². The summed E-state index contributed by atoms with van der Waals surface area (Å²) in [5.41, 5.74) is 2.40. The first-order valence-electron chi connectivity index (χ1n) is 8.56. The second-order valence-electron chi connectivity index (χ2n) is 6.41. The molecule has 0 aliphatic carbocycles. The van der Waals surface area contributed by atoms with Crippen LogP contribution < -0.4 is 5.32 Å². The van der Waals surface area contributed by atoms with Gasteiger partial charge in [-0.15, -0.1) is 0 Å². The number of nitrogens with zero attached hydrogens (tertiary/aromatic N) is 3. The molecule has 1 aromatic heterocycles. The molecule has 1 unspecified atom stereocenters. The van der Waals surface area contributed by atoms with Gasteiger partial charge in [0.1, 0.15) is 0 Å². The zero-order valence-electron chi connectivity index (χ0n) is 14.1. The molecule has 1 atom stereocenters. The van der Waals surface area contributed by atoms with Crippen molar-refractivity contribution in [2.24, 2.45) is 10.9 Å². The van der Waals surface area contributed by atoms with Gasteiger partial charge in [-0.3, -0.25) is 9.98 Å². The molecule has 23 heavy (non-hydrogen) atoms. The largest absolute Gasteiger partial charge is 0.356 e. The van der Waals surface area contributed by atoms with E-state index < -0.39 is 0 Å². The lowest BCUT2D eigenvalue weighted by Crippen LogP contribution is -2.46. The molecule has 1 aliphatic heterocycles.